The van der Waals surface area contributed by atoms with Gasteiger partial charge in [-0.1, -0.05) is 35.4 Å². The smallest absolute Gasteiger partial charge is 0.416 e. The molecule has 7 nitrogen and oxygen atoms in total. The first-order valence-corrected chi connectivity index (χ1v) is 16.1. The molecule has 3 fully saturated rings. The van der Waals surface area contributed by atoms with E-state index >= 15 is 0 Å². The fourth-order valence-electron chi connectivity index (χ4n) is 8.45. The predicted octanol–water partition coefficient (Wildman–Crippen LogP) is 7.97. The maximum Gasteiger partial charge on any atom is 0.416 e. The second kappa shape index (κ2) is 11.4. The van der Waals surface area contributed by atoms with Crippen LogP contribution in [0.5, 0.6) is 5.75 Å². The van der Waals surface area contributed by atoms with Crippen LogP contribution in [0.25, 0.3) is 0 Å². The Morgan fingerprint density at radius 1 is 0.804 bits per heavy atom. The highest BCUT2D eigenvalue weighted by molar-refractivity contribution is 6.32. The third kappa shape index (κ3) is 5.15. The molecule has 51 heavy (non-hydrogen) atoms. The van der Waals surface area contributed by atoms with Crippen molar-refractivity contribution in [3.05, 3.63) is 99.3 Å². The normalized spacial score (nSPS) is 27.8. The molecule has 266 valence electrons. The topological polar surface area (TPSA) is 95.0 Å². The summed E-state index contributed by atoms with van der Waals surface area (Å²) >= 11 is 6.00. The Hall–Kier alpha value is -4.72. The van der Waals surface area contributed by atoms with Crippen LogP contribution in [0.4, 0.5) is 42.1 Å². The lowest BCUT2D eigenvalue weighted by atomic mass is 9.51. The molecule has 0 bridgehead atoms. The minimum Gasteiger partial charge on any atom is -0.508 e. The first kappa shape index (κ1) is 34.7. The van der Waals surface area contributed by atoms with Gasteiger partial charge in [0.2, 0.25) is 23.6 Å². The number of carbonyl (C=O) groups is 4. The van der Waals surface area contributed by atoms with E-state index in [1.54, 1.807) is 32.1 Å². The van der Waals surface area contributed by atoms with Crippen LogP contribution < -0.4 is 9.80 Å². The van der Waals surface area contributed by atoms with Gasteiger partial charge in [-0.2, -0.15) is 26.3 Å². The second-order valence-electron chi connectivity index (χ2n) is 13.6. The molecule has 1 N–H and O–H groups in total. The van der Waals surface area contributed by atoms with Crippen molar-refractivity contribution in [3.8, 4) is 5.75 Å². The average Bonchev–Trinajstić information content (AvgIpc) is 3.42. The zero-order valence-electron chi connectivity index (χ0n) is 26.6. The first-order valence-electron chi connectivity index (χ1n) is 15.7. The number of aromatic hydroxyl groups is 1. The molecule has 4 aliphatic rings. The zero-order chi connectivity index (χ0) is 37.1. The standard InChI is InChI=1S/C36H26ClF7N2O5/c1-15-9-16(3-8-27(15)47)29-21-5-6-22-28(32(50)45(30(22)48)20-11-17(35(39,40)41)10-18(12-20)36(42,43)44)23(21)14-24-31(49)46(33(51)34(24,29)2)19-4-7-26(38)25(37)13-19/h3-5,7-13,22-24,28-29,47H,6,14H2,1-2H3/t22-,23+,24-,28-,29-,34+/m0/s1. The highest BCUT2D eigenvalue weighted by Gasteiger charge is 2.67. The Balaban J connectivity index is 1.36. The van der Waals surface area contributed by atoms with Gasteiger partial charge in [0.15, 0.2) is 0 Å². The van der Waals surface area contributed by atoms with Gasteiger partial charge in [-0.3, -0.25) is 19.2 Å². The van der Waals surface area contributed by atoms with Gasteiger partial charge in [-0.05, 0) is 86.2 Å². The fourth-order valence-corrected chi connectivity index (χ4v) is 8.62. The maximum atomic E-state index is 14.5. The molecular formula is C36H26ClF7N2O5. The van der Waals surface area contributed by atoms with Crippen LogP contribution in [0.3, 0.4) is 0 Å². The molecule has 2 aliphatic heterocycles. The summed E-state index contributed by atoms with van der Waals surface area (Å²) in [6, 6.07) is 8.43. The molecule has 3 aromatic rings. The summed E-state index contributed by atoms with van der Waals surface area (Å²) in [5, 5.41) is 9.96. The Morgan fingerprint density at radius 3 is 2.04 bits per heavy atom. The van der Waals surface area contributed by atoms with E-state index in [1.807, 2.05) is 0 Å². The van der Waals surface area contributed by atoms with E-state index in [9.17, 15) is 55.0 Å². The Labute approximate surface area is 290 Å². The van der Waals surface area contributed by atoms with Crippen LogP contribution in [-0.2, 0) is 31.5 Å². The summed E-state index contributed by atoms with van der Waals surface area (Å²) in [5.74, 6) is -9.71. The van der Waals surface area contributed by atoms with Crippen molar-refractivity contribution in [2.75, 3.05) is 9.80 Å². The molecule has 15 heteroatoms. The van der Waals surface area contributed by atoms with Gasteiger partial charge in [0.25, 0.3) is 0 Å². The summed E-state index contributed by atoms with van der Waals surface area (Å²) in [6.45, 7) is 3.19. The minimum atomic E-state index is -5.23. The average molecular weight is 735 g/mol. The Morgan fingerprint density at radius 2 is 1.45 bits per heavy atom. The molecule has 0 aromatic heterocycles. The SMILES string of the molecule is Cc1cc([C@H]2C3=CC[C@@H]4C(=O)N(c5cc(C(F)(F)F)cc(C(F)(F)F)c5)C(=O)[C@@H]4[C@@H]3C[C@H]3C(=O)N(c4ccc(F)c(Cl)c4)C(=O)[C@@]23C)ccc1O. The number of hydrogen-bond donors (Lipinski definition) is 1. The van der Waals surface area contributed by atoms with Gasteiger partial charge in [-0.15, -0.1) is 0 Å². The molecule has 1 saturated carbocycles. The molecule has 0 unspecified atom stereocenters. The number of hydrogen-bond acceptors (Lipinski definition) is 5. The van der Waals surface area contributed by atoms with E-state index in [-0.39, 0.29) is 35.4 Å². The van der Waals surface area contributed by atoms with Gasteiger partial charge in [0, 0.05) is 5.92 Å². The summed E-state index contributed by atoms with van der Waals surface area (Å²) in [6.07, 6.45) is -9.12. The zero-order valence-corrected chi connectivity index (χ0v) is 27.3. The molecule has 0 spiro atoms. The highest BCUT2D eigenvalue weighted by Crippen LogP contribution is 2.64. The molecule has 7 rings (SSSR count). The van der Waals surface area contributed by atoms with E-state index in [0.29, 0.717) is 33.7 Å². The third-order valence-electron chi connectivity index (χ3n) is 10.8. The number of halogens is 8. The predicted molar refractivity (Wildman–Crippen MR) is 168 cm³/mol. The summed E-state index contributed by atoms with van der Waals surface area (Å²) in [5.41, 5.74) is -4.43. The molecule has 0 radical (unpaired) electrons. The van der Waals surface area contributed by atoms with Crippen molar-refractivity contribution in [1.29, 1.82) is 0 Å². The Bertz CT molecular complexity index is 2060. The molecule has 2 saturated heterocycles. The Kier molecular flexibility index (Phi) is 7.75. The van der Waals surface area contributed by atoms with Gasteiger partial charge in [-0.25, -0.2) is 14.2 Å². The van der Waals surface area contributed by atoms with E-state index in [4.69, 9.17) is 11.6 Å². The number of carbonyl (C=O) groups excluding carboxylic acids is 4. The van der Waals surface area contributed by atoms with Gasteiger partial charge < -0.3 is 5.11 Å². The van der Waals surface area contributed by atoms with Crippen LogP contribution in [0.15, 0.2) is 66.2 Å². The lowest BCUT2D eigenvalue weighted by molar-refractivity contribution is -0.143. The number of aryl methyl sites for hydroxylation is 1. The molecule has 2 aliphatic carbocycles. The number of allylic oxidation sites excluding steroid dienone is 2. The summed E-state index contributed by atoms with van der Waals surface area (Å²) in [4.78, 5) is 58.0. The number of rotatable bonds is 3. The van der Waals surface area contributed by atoms with Gasteiger partial charge >= 0.3 is 12.4 Å². The number of imide groups is 2. The van der Waals surface area contributed by atoms with Gasteiger partial charge in [0.05, 0.1) is 50.7 Å². The summed E-state index contributed by atoms with van der Waals surface area (Å²) < 4.78 is 96.6. The third-order valence-corrected chi connectivity index (χ3v) is 11.1. The molecule has 3 aromatic carbocycles. The lowest BCUT2D eigenvalue weighted by Gasteiger charge is -2.49. The van der Waals surface area contributed by atoms with E-state index < -0.39 is 93.6 Å². The number of phenols is 1. The molecule has 6 atom stereocenters. The summed E-state index contributed by atoms with van der Waals surface area (Å²) in [7, 11) is 0. The van der Waals surface area contributed by atoms with Gasteiger partial charge in [0.1, 0.15) is 11.6 Å². The quantitative estimate of drug-likeness (QED) is 0.167. The monoisotopic (exact) mass is 734 g/mol. The molecular weight excluding hydrogens is 709 g/mol. The van der Waals surface area contributed by atoms with Crippen LogP contribution in [0.1, 0.15) is 47.9 Å². The van der Waals surface area contributed by atoms with E-state index in [1.165, 1.54) is 12.1 Å². The van der Waals surface area contributed by atoms with Crippen molar-refractivity contribution in [2.45, 2.75) is 45.0 Å². The molecule has 2 heterocycles. The lowest BCUT2D eigenvalue weighted by Crippen LogP contribution is -2.48. The molecule has 4 amide bonds. The van der Waals surface area contributed by atoms with Crippen molar-refractivity contribution >= 4 is 46.6 Å². The number of nitrogens with zero attached hydrogens (tertiary/aromatic N) is 2. The number of anilines is 2. The number of alkyl halides is 6. The number of amides is 4. The fraction of sp³-hybridized carbons (Fsp3) is 0.333. The van der Waals surface area contributed by atoms with Crippen molar-refractivity contribution in [1.82, 2.24) is 0 Å². The van der Waals surface area contributed by atoms with Crippen molar-refractivity contribution in [3.63, 3.8) is 0 Å². The minimum absolute atomic E-state index is 0.00852. The highest BCUT2D eigenvalue weighted by atomic mass is 35.5. The number of phenolic OH excluding ortho intramolecular Hbond substituents is 1. The number of benzene rings is 3. The number of fused-ring (bicyclic) bond motifs is 4. The van der Waals surface area contributed by atoms with Crippen molar-refractivity contribution < 1.29 is 55.0 Å². The van der Waals surface area contributed by atoms with E-state index in [0.717, 1.165) is 17.0 Å². The van der Waals surface area contributed by atoms with Crippen molar-refractivity contribution in [2.24, 2.45) is 29.1 Å². The second-order valence-corrected chi connectivity index (χ2v) is 14.0. The first-order chi connectivity index (χ1) is 23.7. The van der Waals surface area contributed by atoms with Crippen LogP contribution in [0.2, 0.25) is 5.02 Å². The maximum absolute atomic E-state index is 14.5. The van der Waals surface area contributed by atoms with Crippen LogP contribution in [0, 0.1) is 41.8 Å². The van der Waals surface area contributed by atoms with E-state index in [2.05, 4.69) is 0 Å². The largest absolute Gasteiger partial charge is 0.508 e. The van der Waals surface area contributed by atoms with Crippen LogP contribution >= 0.6 is 11.6 Å². The van der Waals surface area contributed by atoms with Crippen LogP contribution in [-0.4, -0.2) is 28.7 Å².